The van der Waals surface area contributed by atoms with Gasteiger partial charge in [0.15, 0.2) is 0 Å². The molecule has 8 heteroatoms. The molecular formula is C16H12Cl2N2O3S. The van der Waals surface area contributed by atoms with E-state index < -0.39 is 11.9 Å². The molecule has 0 bridgehead atoms. The molecule has 5 nitrogen and oxygen atoms in total. The second kappa shape index (κ2) is 7.67. The molecule has 0 unspecified atom stereocenters. The van der Waals surface area contributed by atoms with Gasteiger partial charge >= 0.3 is 5.97 Å². The van der Waals surface area contributed by atoms with Gasteiger partial charge in [-0.25, -0.2) is 4.79 Å². The zero-order chi connectivity index (χ0) is 17.9. The van der Waals surface area contributed by atoms with Gasteiger partial charge in [0.25, 0.3) is 5.91 Å². The molecule has 1 aromatic carbocycles. The molecule has 124 valence electrons. The maximum Gasteiger partial charge on any atom is 0.348 e. The van der Waals surface area contributed by atoms with Crippen molar-refractivity contribution in [2.45, 2.75) is 13.8 Å². The first-order valence-corrected chi connectivity index (χ1v) is 8.43. The highest BCUT2D eigenvalue weighted by Crippen LogP contribution is 2.33. The number of hydrogen-bond acceptors (Lipinski definition) is 5. The van der Waals surface area contributed by atoms with E-state index in [2.05, 4.69) is 5.32 Å². The standard InChI is InChI=1S/C16H12Cl2N2O3S/c1-3-23-16(22)13-8(2)10(7-19)15(24-13)20-14(21)9-4-5-11(17)12(18)6-9/h4-6H,3H2,1-2H3,(H,20,21). The second-order valence-electron chi connectivity index (χ2n) is 4.68. The molecule has 2 aromatic rings. The molecular weight excluding hydrogens is 371 g/mol. The molecule has 1 heterocycles. The lowest BCUT2D eigenvalue weighted by Gasteiger charge is -2.04. The van der Waals surface area contributed by atoms with E-state index in [0.29, 0.717) is 10.6 Å². The van der Waals surface area contributed by atoms with Crippen LogP contribution >= 0.6 is 34.5 Å². The summed E-state index contributed by atoms with van der Waals surface area (Å²) in [5, 5.41) is 12.8. The highest BCUT2D eigenvalue weighted by Gasteiger charge is 2.22. The molecule has 1 aromatic heterocycles. The van der Waals surface area contributed by atoms with Crippen LogP contribution in [0.1, 0.15) is 38.1 Å². The first-order chi connectivity index (χ1) is 11.4. The molecule has 0 aliphatic heterocycles. The van der Waals surface area contributed by atoms with Gasteiger partial charge in [-0.2, -0.15) is 5.26 Å². The summed E-state index contributed by atoms with van der Waals surface area (Å²) < 4.78 is 4.96. The van der Waals surface area contributed by atoms with Crippen LogP contribution in [0, 0.1) is 18.3 Å². The predicted octanol–water partition coefficient (Wildman–Crippen LogP) is 4.66. The molecule has 1 amide bonds. The van der Waals surface area contributed by atoms with Gasteiger partial charge in [0, 0.05) is 5.56 Å². The third kappa shape index (κ3) is 3.70. The summed E-state index contributed by atoms with van der Waals surface area (Å²) in [6.07, 6.45) is 0. The fraction of sp³-hybridized carbons (Fsp3) is 0.188. The molecule has 0 saturated heterocycles. The summed E-state index contributed by atoms with van der Waals surface area (Å²) in [4.78, 5) is 24.5. The first kappa shape index (κ1) is 18.3. The Bertz CT molecular complexity index is 856. The number of esters is 1. The molecule has 2 rings (SSSR count). The van der Waals surface area contributed by atoms with Crippen molar-refractivity contribution in [3.05, 3.63) is 49.8 Å². The first-order valence-electron chi connectivity index (χ1n) is 6.86. The van der Waals surface area contributed by atoms with Gasteiger partial charge < -0.3 is 10.1 Å². The largest absolute Gasteiger partial charge is 0.462 e. The van der Waals surface area contributed by atoms with Crippen molar-refractivity contribution < 1.29 is 14.3 Å². The number of carbonyl (C=O) groups excluding carboxylic acids is 2. The van der Waals surface area contributed by atoms with E-state index in [9.17, 15) is 14.9 Å². The van der Waals surface area contributed by atoms with Gasteiger partial charge in [-0.3, -0.25) is 4.79 Å². The normalized spacial score (nSPS) is 10.1. The summed E-state index contributed by atoms with van der Waals surface area (Å²) in [6, 6.07) is 6.45. The van der Waals surface area contributed by atoms with Crippen LogP contribution in [0.5, 0.6) is 0 Å². The molecule has 1 N–H and O–H groups in total. The minimum absolute atomic E-state index is 0.225. The van der Waals surface area contributed by atoms with E-state index in [0.717, 1.165) is 11.3 Å². The Hall–Kier alpha value is -2.07. The van der Waals surface area contributed by atoms with Crippen LogP contribution in [0.4, 0.5) is 5.00 Å². The molecule has 0 fully saturated rings. The summed E-state index contributed by atoms with van der Waals surface area (Å²) in [7, 11) is 0. The van der Waals surface area contributed by atoms with Crippen molar-refractivity contribution in [2.75, 3.05) is 11.9 Å². The SMILES string of the molecule is CCOC(=O)c1sc(NC(=O)c2ccc(Cl)c(Cl)c2)c(C#N)c1C. The summed E-state index contributed by atoms with van der Waals surface area (Å²) in [6.45, 7) is 3.55. The van der Waals surface area contributed by atoms with E-state index in [1.54, 1.807) is 13.8 Å². The lowest BCUT2D eigenvalue weighted by atomic mass is 10.1. The van der Waals surface area contributed by atoms with Crippen LogP contribution in [-0.4, -0.2) is 18.5 Å². The van der Waals surface area contributed by atoms with Gasteiger partial charge in [-0.1, -0.05) is 23.2 Å². The summed E-state index contributed by atoms with van der Waals surface area (Å²) in [5.41, 5.74) is 0.999. The smallest absolute Gasteiger partial charge is 0.348 e. The van der Waals surface area contributed by atoms with Crippen LogP contribution in [-0.2, 0) is 4.74 Å². The molecule has 0 spiro atoms. The Morgan fingerprint density at radius 3 is 2.62 bits per heavy atom. The molecule has 24 heavy (non-hydrogen) atoms. The Kier molecular flexibility index (Phi) is 5.84. The third-order valence-electron chi connectivity index (χ3n) is 3.13. The zero-order valence-electron chi connectivity index (χ0n) is 12.8. The maximum absolute atomic E-state index is 12.3. The second-order valence-corrected chi connectivity index (χ2v) is 6.51. The summed E-state index contributed by atoms with van der Waals surface area (Å²) in [5.74, 6) is -0.978. The number of rotatable bonds is 4. The molecule has 0 radical (unpaired) electrons. The van der Waals surface area contributed by atoms with Crippen molar-refractivity contribution in [1.29, 1.82) is 5.26 Å². The van der Waals surface area contributed by atoms with Crippen LogP contribution in [0.25, 0.3) is 0 Å². The number of nitrogens with zero attached hydrogens (tertiary/aromatic N) is 1. The zero-order valence-corrected chi connectivity index (χ0v) is 15.1. The Balaban J connectivity index is 2.33. The highest BCUT2D eigenvalue weighted by atomic mass is 35.5. The monoisotopic (exact) mass is 382 g/mol. The molecule has 0 atom stereocenters. The Morgan fingerprint density at radius 2 is 2.04 bits per heavy atom. The number of ether oxygens (including phenoxy) is 1. The number of thiophene rings is 1. The van der Waals surface area contributed by atoms with Gasteiger partial charge in [0.2, 0.25) is 0 Å². The highest BCUT2D eigenvalue weighted by molar-refractivity contribution is 7.18. The quantitative estimate of drug-likeness (QED) is 0.779. The topological polar surface area (TPSA) is 79.2 Å². The number of nitriles is 1. The van der Waals surface area contributed by atoms with Crippen molar-refractivity contribution in [1.82, 2.24) is 0 Å². The fourth-order valence-electron chi connectivity index (χ4n) is 1.94. The van der Waals surface area contributed by atoms with Gasteiger partial charge in [0.1, 0.15) is 15.9 Å². The minimum Gasteiger partial charge on any atom is -0.462 e. The van der Waals surface area contributed by atoms with E-state index in [4.69, 9.17) is 27.9 Å². The van der Waals surface area contributed by atoms with Crippen molar-refractivity contribution >= 4 is 51.4 Å². The number of hydrogen-bond donors (Lipinski definition) is 1. The van der Waals surface area contributed by atoms with Crippen LogP contribution < -0.4 is 5.32 Å². The van der Waals surface area contributed by atoms with Gasteiger partial charge in [-0.15, -0.1) is 11.3 Å². The van der Waals surface area contributed by atoms with E-state index in [1.165, 1.54) is 18.2 Å². The van der Waals surface area contributed by atoms with Crippen LogP contribution in [0.15, 0.2) is 18.2 Å². The Morgan fingerprint density at radius 1 is 1.33 bits per heavy atom. The predicted molar refractivity (Wildman–Crippen MR) is 94.1 cm³/mol. The number of carbonyl (C=O) groups is 2. The fourth-order valence-corrected chi connectivity index (χ4v) is 3.28. The van der Waals surface area contributed by atoms with E-state index in [1.807, 2.05) is 6.07 Å². The number of halogens is 2. The third-order valence-corrected chi connectivity index (χ3v) is 5.05. The van der Waals surface area contributed by atoms with E-state index >= 15 is 0 Å². The van der Waals surface area contributed by atoms with Crippen LogP contribution in [0.3, 0.4) is 0 Å². The van der Waals surface area contributed by atoms with Crippen molar-refractivity contribution in [2.24, 2.45) is 0 Å². The molecule has 0 saturated carbocycles. The number of nitrogens with one attached hydrogen (secondary N) is 1. The van der Waals surface area contributed by atoms with Gasteiger partial charge in [0.05, 0.1) is 22.2 Å². The molecule has 0 aliphatic rings. The van der Waals surface area contributed by atoms with Crippen molar-refractivity contribution in [3.8, 4) is 6.07 Å². The van der Waals surface area contributed by atoms with Gasteiger partial charge in [-0.05, 0) is 37.6 Å². The summed E-state index contributed by atoms with van der Waals surface area (Å²) >= 11 is 12.7. The average molecular weight is 383 g/mol. The maximum atomic E-state index is 12.3. The lowest BCUT2D eigenvalue weighted by molar-refractivity contribution is 0.0531. The van der Waals surface area contributed by atoms with Crippen molar-refractivity contribution in [3.63, 3.8) is 0 Å². The van der Waals surface area contributed by atoms with E-state index in [-0.39, 0.29) is 32.6 Å². The lowest BCUT2D eigenvalue weighted by Crippen LogP contribution is -2.11. The Labute approximate surface area is 152 Å². The minimum atomic E-state index is -0.522. The average Bonchev–Trinajstić information content (AvgIpc) is 2.85. The van der Waals surface area contributed by atoms with Crippen LogP contribution in [0.2, 0.25) is 10.0 Å². The number of benzene rings is 1. The molecule has 0 aliphatic carbocycles. The number of amides is 1. The number of anilines is 1.